The van der Waals surface area contributed by atoms with E-state index in [1.54, 1.807) is 31.2 Å². The molecule has 5 nitrogen and oxygen atoms in total. The summed E-state index contributed by atoms with van der Waals surface area (Å²) in [5.41, 5.74) is 1.87. The van der Waals surface area contributed by atoms with Gasteiger partial charge in [0.15, 0.2) is 12.4 Å². The van der Waals surface area contributed by atoms with E-state index in [1.165, 1.54) is 12.1 Å². The molecule has 0 bridgehead atoms. The molecule has 128 valence electrons. The van der Waals surface area contributed by atoms with Crippen LogP contribution < -0.4 is 4.74 Å². The van der Waals surface area contributed by atoms with Gasteiger partial charge < -0.3 is 9.47 Å². The molecule has 0 aliphatic rings. The lowest BCUT2D eigenvalue weighted by molar-refractivity contribution is 0.103. The van der Waals surface area contributed by atoms with Crippen LogP contribution in [0.5, 0.6) is 5.75 Å². The zero-order chi connectivity index (χ0) is 18.4. The summed E-state index contributed by atoms with van der Waals surface area (Å²) in [5.74, 6) is -0.0299. The molecule has 0 saturated heterocycles. The molecule has 2 rings (SSSR count). The number of ketones is 1. The summed E-state index contributed by atoms with van der Waals surface area (Å²) in [6.07, 6.45) is 0. The van der Waals surface area contributed by atoms with Crippen molar-refractivity contribution in [1.29, 1.82) is 10.7 Å². The normalized spacial score (nSPS) is 10.0. The van der Waals surface area contributed by atoms with Crippen molar-refractivity contribution in [3.8, 4) is 11.8 Å². The molecule has 0 amide bonds. The van der Waals surface area contributed by atoms with Gasteiger partial charge in [0.05, 0.1) is 23.8 Å². The van der Waals surface area contributed by atoms with E-state index < -0.39 is 0 Å². The first-order chi connectivity index (χ1) is 11.9. The Balaban J connectivity index is 2.36. The maximum absolute atomic E-state index is 12.9. The zero-order valence-corrected chi connectivity index (χ0v) is 14.7. The van der Waals surface area contributed by atoms with E-state index in [0.717, 1.165) is 5.56 Å². The summed E-state index contributed by atoms with van der Waals surface area (Å²) in [6, 6.07) is 11.7. The van der Waals surface area contributed by atoms with Gasteiger partial charge in [0.2, 0.25) is 5.90 Å². The number of benzene rings is 2. The number of halogens is 1. The number of aryl methyl sites for hydroxylation is 1. The number of nitrogens with one attached hydrogen (secondary N) is 1. The smallest absolute Gasteiger partial charge is 0.219 e. The SMILES string of the molecule is CCOC(=N)COc1ccc(Cl)cc1C(=O)c1cc(C)cc(C#N)c1. The lowest BCUT2D eigenvalue weighted by Gasteiger charge is -2.12. The molecule has 0 saturated carbocycles. The molecule has 0 spiro atoms. The van der Waals surface area contributed by atoms with Gasteiger partial charge in [-0.1, -0.05) is 11.6 Å². The van der Waals surface area contributed by atoms with Crippen LogP contribution in [0, 0.1) is 23.7 Å². The topological polar surface area (TPSA) is 83.2 Å². The van der Waals surface area contributed by atoms with Crippen LogP contribution in [0.3, 0.4) is 0 Å². The van der Waals surface area contributed by atoms with Crippen LogP contribution in [0.4, 0.5) is 0 Å². The number of nitriles is 1. The number of carbonyl (C=O) groups excluding carboxylic acids is 1. The van der Waals surface area contributed by atoms with Gasteiger partial charge in [-0.3, -0.25) is 10.2 Å². The number of hydrogen-bond donors (Lipinski definition) is 1. The van der Waals surface area contributed by atoms with Crippen LogP contribution in [0.15, 0.2) is 36.4 Å². The van der Waals surface area contributed by atoms with Crippen LogP contribution >= 0.6 is 11.6 Å². The minimum absolute atomic E-state index is 0.0295. The number of nitrogens with zero attached hydrogens (tertiary/aromatic N) is 1. The second-order valence-corrected chi connectivity index (χ2v) is 5.75. The average molecular weight is 357 g/mol. The summed E-state index contributed by atoms with van der Waals surface area (Å²) in [4.78, 5) is 12.9. The van der Waals surface area contributed by atoms with Gasteiger partial charge in [-0.05, 0) is 55.8 Å². The highest BCUT2D eigenvalue weighted by Crippen LogP contribution is 2.26. The second-order valence-electron chi connectivity index (χ2n) is 5.31. The maximum Gasteiger partial charge on any atom is 0.219 e. The highest BCUT2D eigenvalue weighted by Gasteiger charge is 2.17. The van der Waals surface area contributed by atoms with Gasteiger partial charge in [-0.25, -0.2) is 0 Å². The van der Waals surface area contributed by atoms with E-state index in [4.69, 9.17) is 31.7 Å². The van der Waals surface area contributed by atoms with Crippen molar-refractivity contribution >= 4 is 23.3 Å². The van der Waals surface area contributed by atoms with Crippen LogP contribution in [-0.4, -0.2) is 24.9 Å². The van der Waals surface area contributed by atoms with Gasteiger partial charge in [0, 0.05) is 10.6 Å². The van der Waals surface area contributed by atoms with Crippen molar-refractivity contribution in [2.24, 2.45) is 0 Å². The van der Waals surface area contributed by atoms with Crippen molar-refractivity contribution < 1.29 is 14.3 Å². The first kappa shape index (κ1) is 18.5. The molecule has 0 radical (unpaired) electrons. The fourth-order valence-electron chi connectivity index (χ4n) is 2.30. The van der Waals surface area contributed by atoms with Crippen molar-refractivity contribution in [2.75, 3.05) is 13.2 Å². The molecule has 25 heavy (non-hydrogen) atoms. The van der Waals surface area contributed by atoms with Crippen LogP contribution in [0.25, 0.3) is 0 Å². The highest BCUT2D eigenvalue weighted by atomic mass is 35.5. The first-order valence-corrected chi connectivity index (χ1v) is 8.01. The number of carbonyl (C=O) groups is 1. The standard InChI is InChI=1S/C19H17ClN2O3/c1-3-24-18(22)11-25-17-5-4-15(20)9-16(17)19(23)14-7-12(2)6-13(8-14)10-21/h4-9,22H,3,11H2,1-2H3. The molecular formula is C19H17ClN2O3. The van der Waals surface area contributed by atoms with Crippen molar-refractivity contribution in [3.63, 3.8) is 0 Å². The highest BCUT2D eigenvalue weighted by molar-refractivity contribution is 6.31. The third-order valence-corrected chi connectivity index (χ3v) is 3.57. The Hall–Kier alpha value is -2.84. The van der Waals surface area contributed by atoms with Gasteiger partial charge in [0.1, 0.15) is 5.75 Å². The fraction of sp³-hybridized carbons (Fsp3) is 0.211. The molecule has 1 N–H and O–H groups in total. The molecule has 0 fully saturated rings. The molecule has 0 atom stereocenters. The predicted octanol–water partition coefficient (Wildman–Crippen LogP) is 4.14. The molecule has 0 aliphatic heterocycles. The van der Waals surface area contributed by atoms with E-state index in [9.17, 15) is 4.79 Å². The molecule has 0 unspecified atom stereocenters. The molecule has 0 heterocycles. The van der Waals surface area contributed by atoms with Crippen LogP contribution in [-0.2, 0) is 4.74 Å². The Morgan fingerprint density at radius 3 is 2.72 bits per heavy atom. The fourth-order valence-corrected chi connectivity index (χ4v) is 2.47. The molecule has 0 aromatic heterocycles. The summed E-state index contributed by atoms with van der Waals surface area (Å²) in [6.45, 7) is 3.87. The summed E-state index contributed by atoms with van der Waals surface area (Å²) in [5, 5.41) is 17.1. The van der Waals surface area contributed by atoms with Crippen molar-refractivity contribution in [2.45, 2.75) is 13.8 Å². The lowest BCUT2D eigenvalue weighted by atomic mass is 9.98. The molecule has 2 aromatic rings. The van der Waals surface area contributed by atoms with E-state index in [1.807, 2.05) is 13.0 Å². The largest absolute Gasteiger partial charge is 0.483 e. The molecule has 6 heteroatoms. The van der Waals surface area contributed by atoms with Gasteiger partial charge in [-0.15, -0.1) is 0 Å². The average Bonchev–Trinajstić information content (AvgIpc) is 2.59. The number of ether oxygens (including phenoxy) is 2. The van der Waals surface area contributed by atoms with E-state index in [-0.39, 0.29) is 23.9 Å². The maximum atomic E-state index is 12.9. The molecular weight excluding hydrogens is 340 g/mol. The Morgan fingerprint density at radius 2 is 2.04 bits per heavy atom. The molecule has 2 aromatic carbocycles. The summed E-state index contributed by atoms with van der Waals surface area (Å²) in [7, 11) is 0. The third kappa shape index (κ3) is 4.82. The van der Waals surface area contributed by atoms with Gasteiger partial charge in [-0.2, -0.15) is 5.26 Å². The van der Waals surface area contributed by atoms with Gasteiger partial charge >= 0.3 is 0 Å². The quantitative estimate of drug-likeness (QED) is 0.479. The molecule has 0 aliphatic carbocycles. The van der Waals surface area contributed by atoms with Crippen LogP contribution in [0.1, 0.15) is 34.0 Å². The number of rotatable bonds is 6. The number of hydrogen-bond acceptors (Lipinski definition) is 5. The Kier molecular flexibility index (Phi) is 6.15. The third-order valence-electron chi connectivity index (χ3n) is 3.33. The van der Waals surface area contributed by atoms with Gasteiger partial charge in [0.25, 0.3) is 0 Å². The van der Waals surface area contributed by atoms with E-state index in [0.29, 0.717) is 28.5 Å². The zero-order valence-electron chi connectivity index (χ0n) is 13.9. The monoisotopic (exact) mass is 356 g/mol. The van der Waals surface area contributed by atoms with E-state index >= 15 is 0 Å². The predicted molar refractivity (Wildman–Crippen MR) is 95.6 cm³/mol. The second kappa shape index (κ2) is 8.32. The van der Waals surface area contributed by atoms with Crippen molar-refractivity contribution in [3.05, 3.63) is 63.7 Å². The minimum atomic E-state index is -0.305. The van der Waals surface area contributed by atoms with E-state index in [2.05, 4.69) is 0 Å². The first-order valence-electron chi connectivity index (χ1n) is 7.63. The lowest BCUT2D eigenvalue weighted by Crippen LogP contribution is -2.15. The minimum Gasteiger partial charge on any atom is -0.483 e. The summed E-state index contributed by atoms with van der Waals surface area (Å²) >= 11 is 6.02. The van der Waals surface area contributed by atoms with Crippen molar-refractivity contribution in [1.82, 2.24) is 0 Å². The Morgan fingerprint density at radius 1 is 1.28 bits per heavy atom. The van der Waals surface area contributed by atoms with Crippen LogP contribution in [0.2, 0.25) is 5.02 Å². The Labute approximate surface area is 151 Å². The Bertz CT molecular complexity index is 856. The summed E-state index contributed by atoms with van der Waals surface area (Å²) < 4.78 is 10.6.